The second kappa shape index (κ2) is 9.07. The molecule has 4 atom stereocenters. The van der Waals surface area contributed by atoms with Gasteiger partial charge in [-0.2, -0.15) is 5.10 Å². The predicted molar refractivity (Wildman–Crippen MR) is 109 cm³/mol. The first-order valence-corrected chi connectivity index (χ1v) is 10.7. The molecule has 2 aliphatic rings. The number of hydrazone groups is 1. The van der Waals surface area contributed by atoms with E-state index in [0.717, 1.165) is 30.2 Å². The normalized spacial score (nSPS) is 26.3. The van der Waals surface area contributed by atoms with Gasteiger partial charge >= 0.3 is 0 Å². The summed E-state index contributed by atoms with van der Waals surface area (Å²) in [4.78, 5) is 24.5. The topological polar surface area (TPSA) is 103 Å². The van der Waals surface area contributed by atoms with Crippen molar-refractivity contribution in [3.63, 3.8) is 0 Å². The van der Waals surface area contributed by atoms with E-state index in [1.165, 1.54) is 18.0 Å². The molecule has 1 saturated heterocycles. The lowest BCUT2D eigenvalue weighted by Gasteiger charge is -2.40. The Morgan fingerprint density at radius 1 is 1.44 bits per heavy atom. The number of thioether (sulfide) groups is 1. The van der Waals surface area contributed by atoms with Gasteiger partial charge in [0, 0.05) is 16.1 Å². The molecule has 4 unspecified atom stereocenters. The molecule has 1 aliphatic heterocycles. The monoisotopic (exact) mass is 454 g/mol. The van der Waals surface area contributed by atoms with Crippen molar-refractivity contribution in [3.8, 4) is 5.75 Å². The third kappa shape index (κ3) is 5.24. The highest BCUT2D eigenvalue weighted by Crippen LogP contribution is 2.29. The van der Waals surface area contributed by atoms with E-state index in [4.69, 9.17) is 0 Å². The molecule has 1 aromatic rings. The number of phenolic OH excluding ortho intramolecular Hbond substituents is 1. The molecular formula is C18H23BrN4O3S. The first kappa shape index (κ1) is 20.2. The average molecular weight is 455 g/mol. The van der Waals surface area contributed by atoms with Crippen LogP contribution < -0.4 is 16.1 Å². The van der Waals surface area contributed by atoms with Gasteiger partial charge in [-0.05, 0) is 38.0 Å². The zero-order valence-corrected chi connectivity index (χ0v) is 17.3. The molecule has 1 aliphatic carbocycles. The molecule has 1 aromatic carbocycles. The highest BCUT2D eigenvalue weighted by molar-refractivity contribution is 9.10. The molecule has 2 fully saturated rings. The summed E-state index contributed by atoms with van der Waals surface area (Å²) in [5.41, 5.74) is 2.69. The number of nitrogens with one attached hydrogen (secondary N) is 3. The van der Waals surface area contributed by atoms with E-state index in [2.05, 4.69) is 37.1 Å². The molecule has 9 heteroatoms. The first-order valence-electron chi connectivity index (χ1n) is 8.97. The van der Waals surface area contributed by atoms with Crippen LogP contribution in [0.4, 0.5) is 0 Å². The zero-order valence-electron chi connectivity index (χ0n) is 14.9. The maximum absolute atomic E-state index is 12.3. The van der Waals surface area contributed by atoms with Crippen LogP contribution in [0, 0.1) is 5.92 Å². The Labute approximate surface area is 170 Å². The number of carbonyl (C=O) groups excluding carboxylic acids is 2. The van der Waals surface area contributed by atoms with E-state index in [1.54, 1.807) is 25.1 Å². The SMILES string of the molecule is CC(SC1NC(=O)C2CCCCC2N1)C(=O)N/N=C/c1cc(Br)ccc1O. The third-order valence-corrected chi connectivity index (χ3v) is 6.46. The number of hydrogen-bond acceptors (Lipinski definition) is 6. The van der Waals surface area contributed by atoms with Gasteiger partial charge in [0.2, 0.25) is 5.91 Å². The Morgan fingerprint density at radius 3 is 3.04 bits per heavy atom. The van der Waals surface area contributed by atoms with Crippen molar-refractivity contribution in [1.82, 2.24) is 16.1 Å². The Balaban J connectivity index is 1.51. The van der Waals surface area contributed by atoms with Crippen LogP contribution in [0.25, 0.3) is 0 Å². The number of phenols is 1. The van der Waals surface area contributed by atoms with Crippen molar-refractivity contribution < 1.29 is 14.7 Å². The Bertz CT molecular complexity index is 745. The van der Waals surface area contributed by atoms with Crippen LogP contribution in [-0.4, -0.2) is 39.9 Å². The van der Waals surface area contributed by atoms with E-state index in [-0.39, 0.29) is 35.0 Å². The first-order chi connectivity index (χ1) is 12.9. The van der Waals surface area contributed by atoms with Crippen molar-refractivity contribution in [2.45, 2.75) is 49.4 Å². The highest BCUT2D eigenvalue weighted by atomic mass is 79.9. The summed E-state index contributed by atoms with van der Waals surface area (Å²) in [5, 5.41) is 19.7. The summed E-state index contributed by atoms with van der Waals surface area (Å²) >= 11 is 4.67. The van der Waals surface area contributed by atoms with Gasteiger partial charge in [-0.15, -0.1) is 11.8 Å². The van der Waals surface area contributed by atoms with Gasteiger partial charge in [-0.3, -0.25) is 14.9 Å². The number of nitrogens with zero attached hydrogens (tertiary/aromatic N) is 1. The summed E-state index contributed by atoms with van der Waals surface area (Å²) in [6.45, 7) is 1.77. The molecule has 1 saturated carbocycles. The van der Waals surface area contributed by atoms with Crippen LogP contribution in [0.2, 0.25) is 0 Å². The number of amides is 2. The summed E-state index contributed by atoms with van der Waals surface area (Å²) in [5.74, 6) is -0.0729. The van der Waals surface area contributed by atoms with Crippen LogP contribution in [-0.2, 0) is 9.59 Å². The molecule has 0 spiro atoms. The minimum Gasteiger partial charge on any atom is -0.507 e. The summed E-state index contributed by atoms with van der Waals surface area (Å²) in [6.07, 6.45) is 5.54. The van der Waals surface area contributed by atoms with Gasteiger partial charge in [-0.25, -0.2) is 5.43 Å². The molecule has 3 rings (SSSR count). The van der Waals surface area contributed by atoms with Crippen LogP contribution in [0.5, 0.6) is 5.75 Å². The fraction of sp³-hybridized carbons (Fsp3) is 0.500. The zero-order chi connectivity index (χ0) is 19.4. The largest absolute Gasteiger partial charge is 0.507 e. The minimum atomic E-state index is -0.406. The lowest BCUT2D eigenvalue weighted by atomic mass is 9.83. The number of benzene rings is 1. The lowest BCUT2D eigenvalue weighted by molar-refractivity contribution is -0.129. The van der Waals surface area contributed by atoms with E-state index in [0.29, 0.717) is 5.56 Å². The second-order valence-corrected chi connectivity index (χ2v) is 9.13. The number of hydrogen-bond donors (Lipinski definition) is 4. The van der Waals surface area contributed by atoms with E-state index in [9.17, 15) is 14.7 Å². The summed E-state index contributed by atoms with van der Waals surface area (Å²) in [6, 6.07) is 5.15. The van der Waals surface area contributed by atoms with Crippen molar-refractivity contribution >= 4 is 45.7 Å². The number of carbonyl (C=O) groups is 2. The van der Waals surface area contributed by atoms with Crippen molar-refractivity contribution in [1.29, 1.82) is 0 Å². The van der Waals surface area contributed by atoms with Gasteiger partial charge in [0.25, 0.3) is 5.91 Å². The van der Waals surface area contributed by atoms with Gasteiger partial charge in [0.15, 0.2) is 0 Å². The van der Waals surface area contributed by atoms with E-state index < -0.39 is 5.25 Å². The van der Waals surface area contributed by atoms with Crippen molar-refractivity contribution in [2.75, 3.05) is 0 Å². The maximum atomic E-state index is 12.3. The number of fused-ring (bicyclic) bond motifs is 1. The Kier molecular flexibility index (Phi) is 6.78. The fourth-order valence-corrected chi connectivity index (χ4v) is 4.74. The number of rotatable bonds is 5. The van der Waals surface area contributed by atoms with Crippen molar-refractivity contribution in [2.24, 2.45) is 11.0 Å². The van der Waals surface area contributed by atoms with Gasteiger partial charge < -0.3 is 10.4 Å². The smallest absolute Gasteiger partial charge is 0.253 e. The Hall–Kier alpha value is -1.58. The summed E-state index contributed by atoms with van der Waals surface area (Å²) < 4.78 is 0.803. The lowest BCUT2D eigenvalue weighted by Crippen LogP contribution is -2.61. The number of aromatic hydroxyl groups is 1. The van der Waals surface area contributed by atoms with Gasteiger partial charge in [-0.1, -0.05) is 28.8 Å². The predicted octanol–water partition coefficient (Wildman–Crippen LogP) is 2.29. The minimum absolute atomic E-state index is 0.0437. The van der Waals surface area contributed by atoms with Crippen LogP contribution in [0.15, 0.2) is 27.8 Å². The van der Waals surface area contributed by atoms with Gasteiger partial charge in [0.1, 0.15) is 11.2 Å². The quantitative estimate of drug-likeness (QED) is 0.403. The molecule has 0 radical (unpaired) electrons. The van der Waals surface area contributed by atoms with Crippen LogP contribution in [0.3, 0.4) is 0 Å². The van der Waals surface area contributed by atoms with Crippen LogP contribution in [0.1, 0.15) is 38.2 Å². The second-order valence-electron chi connectivity index (χ2n) is 6.77. The average Bonchev–Trinajstić information content (AvgIpc) is 2.64. The Morgan fingerprint density at radius 2 is 2.22 bits per heavy atom. The molecular weight excluding hydrogens is 432 g/mol. The molecule has 4 N–H and O–H groups in total. The molecule has 7 nitrogen and oxygen atoms in total. The molecule has 2 amide bonds. The standard InChI is InChI=1S/C18H23BrN4O3S/c1-10(16(25)23-20-9-11-8-12(19)6-7-15(11)24)27-18-21-14-5-3-2-4-13(14)17(26)22-18/h6-10,13-14,18,21,24H,2-5H2,1H3,(H,22,26)(H,23,25)/b20-9+. The third-order valence-electron chi connectivity index (χ3n) is 4.82. The molecule has 0 aromatic heterocycles. The van der Waals surface area contributed by atoms with Crippen molar-refractivity contribution in [3.05, 3.63) is 28.2 Å². The summed E-state index contributed by atoms with van der Waals surface area (Å²) in [7, 11) is 0. The molecule has 27 heavy (non-hydrogen) atoms. The maximum Gasteiger partial charge on any atom is 0.253 e. The molecule has 146 valence electrons. The van der Waals surface area contributed by atoms with Crippen LogP contribution >= 0.6 is 27.7 Å². The van der Waals surface area contributed by atoms with E-state index >= 15 is 0 Å². The van der Waals surface area contributed by atoms with E-state index in [1.807, 2.05) is 0 Å². The molecule has 0 bridgehead atoms. The highest BCUT2D eigenvalue weighted by Gasteiger charge is 2.38. The molecule has 1 heterocycles. The number of halogens is 1. The van der Waals surface area contributed by atoms with Gasteiger partial charge in [0.05, 0.1) is 17.4 Å². The fourth-order valence-electron chi connectivity index (χ4n) is 3.34.